The van der Waals surface area contributed by atoms with Crippen molar-refractivity contribution in [2.45, 2.75) is 0 Å². The molecule has 158 valence electrons. The lowest BCUT2D eigenvalue weighted by Crippen LogP contribution is -1.91. The molecule has 0 saturated heterocycles. The third kappa shape index (κ3) is 4.05. The molecule has 6 nitrogen and oxygen atoms in total. The molecule has 0 aliphatic rings. The van der Waals surface area contributed by atoms with Crippen LogP contribution in [0.4, 0.5) is 0 Å². The molecule has 4 rings (SSSR count). The second-order valence-corrected chi connectivity index (χ2v) is 6.83. The zero-order chi connectivity index (χ0) is 21.8. The van der Waals surface area contributed by atoms with Gasteiger partial charge >= 0.3 is 0 Å². The number of nitrogens with zero attached hydrogens (tertiary/aromatic N) is 1. The predicted molar refractivity (Wildman–Crippen MR) is 121 cm³/mol. The standard InChI is InChI=1S/C25H24N2O4/c1-28-18-9-5-16(6-10-18)23-24(17-7-11-19(29-2)12-8-17)27-25(26-23)21-15-20(30-3)13-14-22(21)31-4/h5-15H,1-4H3,(H,26,27). The van der Waals surface area contributed by atoms with Gasteiger partial charge in [-0.3, -0.25) is 0 Å². The SMILES string of the molecule is COc1ccc(-c2nc(-c3cc(OC)ccc3OC)[nH]c2-c2ccc(OC)cc2)cc1. The molecule has 0 aliphatic heterocycles. The Morgan fingerprint density at radius 1 is 0.613 bits per heavy atom. The van der Waals surface area contributed by atoms with Gasteiger partial charge in [-0.05, 0) is 66.7 Å². The average Bonchev–Trinajstić information content (AvgIpc) is 3.29. The van der Waals surface area contributed by atoms with Gasteiger partial charge in [-0.2, -0.15) is 0 Å². The van der Waals surface area contributed by atoms with Crippen LogP contribution in [0, 0.1) is 0 Å². The maximum Gasteiger partial charge on any atom is 0.142 e. The molecular formula is C25H24N2O4. The first-order valence-corrected chi connectivity index (χ1v) is 9.78. The quantitative estimate of drug-likeness (QED) is 0.434. The van der Waals surface area contributed by atoms with Crippen molar-refractivity contribution in [3.05, 3.63) is 66.7 Å². The lowest BCUT2D eigenvalue weighted by atomic mass is 10.0. The Kier molecular flexibility index (Phi) is 5.80. The highest BCUT2D eigenvalue weighted by Gasteiger charge is 2.18. The summed E-state index contributed by atoms with van der Waals surface area (Å²) < 4.78 is 21.6. The van der Waals surface area contributed by atoms with Gasteiger partial charge in [0.25, 0.3) is 0 Å². The van der Waals surface area contributed by atoms with E-state index in [1.807, 2.05) is 66.7 Å². The van der Waals surface area contributed by atoms with Crippen molar-refractivity contribution in [2.75, 3.05) is 28.4 Å². The minimum absolute atomic E-state index is 0.687. The first kappa shape index (κ1) is 20.3. The number of benzene rings is 3. The summed E-state index contributed by atoms with van der Waals surface area (Å²) >= 11 is 0. The van der Waals surface area contributed by atoms with Crippen molar-refractivity contribution in [3.63, 3.8) is 0 Å². The smallest absolute Gasteiger partial charge is 0.142 e. The summed E-state index contributed by atoms with van der Waals surface area (Å²) in [4.78, 5) is 8.43. The molecule has 0 bridgehead atoms. The topological polar surface area (TPSA) is 65.6 Å². The van der Waals surface area contributed by atoms with E-state index in [0.717, 1.165) is 45.3 Å². The maximum atomic E-state index is 5.57. The van der Waals surface area contributed by atoms with E-state index >= 15 is 0 Å². The molecule has 1 aromatic heterocycles. The third-order valence-corrected chi connectivity index (χ3v) is 5.11. The Balaban J connectivity index is 1.89. The summed E-state index contributed by atoms with van der Waals surface area (Å²) in [5, 5.41) is 0. The summed E-state index contributed by atoms with van der Waals surface area (Å²) in [6, 6.07) is 21.4. The van der Waals surface area contributed by atoms with Crippen LogP contribution in [0.3, 0.4) is 0 Å². The molecule has 3 aromatic carbocycles. The largest absolute Gasteiger partial charge is 0.497 e. The van der Waals surface area contributed by atoms with Crippen molar-refractivity contribution in [1.82, 2.24) is 9.97 Å². The second-order valence-electron chi connectivity index (χ2n) is 6.83. The monoisotopic (exact) mass is 416 g/mol. The predicted octanol–water partition coefficient (Wildman–Crippen LogP) is 5.45. The number of aromatic nitrogens is 2. The van der Waals surface area contributed by atoms with E-state index < -0.39 is 0 Å². The number of hydrogen-bond acceptors (Lipinski definition) is 5. The molecule has 0 amide bonds. The highest BCUT2D eigenvalue weighted by molar-refractivity contribution is 5.82. The van der Waals surface area contributed by atoms with Crippen LogP contribution >= 0.6 is 0 Å². The Hall–Kier alpha value is -3.93. The van der Waals surface area contributed by atoms with Gasteiger partial charge in [-0.1, -0.05) is 0 Å². The molecule has 0 unspecified atom stereocenters. The minimum Gasteiger partial charge on any atom is -0.497 e. The van der Waals surface area contributed by atoms with Gasteiger partial charge in [0, 0.05) is 11.1 Å². The summed E-state index contributed by atoms with van der Waals surface area (Å²) in [7, 11) is 6.59. The number of nitrogens with one attached hydrogen (secondary N) is 1. The van der Waals surface area contributed by atoms with Crippen molar-refractivity contribution >= 4 is 0 Å². The molecule has 1 N–H and O–H groups in total. The molecule has 0 saturated carbocycles. The van der Waals surface area contributed by atoms with E-state index in [9.17, 15) is 0 Å². The van der Waals surface area contributed by atoms with Crippen molar-refractivity contribution < 1.29 is 18.9 Å². The van der Waals surface area contributed by atoms with E-state index in [0.29, 0.717) is 11.6 Å². The van der Waals surface area contributed by atoms with Crippen molar-refractivity contribution in [1.29, 1.82) is 0 Å². The molecule has 1 heterocycles. The Bertz CT molecular complexity index is 1100. The molecule has 0 spiro atoms. The normalized spacial score (nSPS) is 10.6. The first-order valence-electron chi connectivity index (χ1n) is 9.78. The average molecular weight is 416 g/mol. The van der Waals surface area contributed by atoms with Crippen LogP contribution in [-0.4, -0.2) is 38.4 Å². The van der Waals surface area contributed by atoms with Gasteiger partial charge in [0.15, 0.2) is 0 Å². The van der Waals surface area contributed by atoms with Gasteiger partial charge in [-0.15, -0.1) is 0 Å². The van der Waals surface area contributed by atoms with Crippen LogP contribution in [0.25, 0.3) is 33.9 Å². The highest BCUT2D eigenvalue weighted by Crippen LogP contribution is 2.38. The van der Waals surface area contributed by atoms with Crippen molar-refractivity contribution in [3.8, 4) is 56.9 Å². The number of imidazole rings is 1. The molecule has 0 aliphatic carbocycles. The highest BCUT2D eigenvalue weighted by atomic mass is 16.5. The van der Waals surface area contributed by atoms with Crippen LogP contribution in [0.5, 0.6) is 23.0 Å². The number of H-pyrrole nitrogens is 1. The number of hydrogen-bond donors (Lipinski definition) is 1. The van der Waals surface area contributed by atoms with Gasteiger partial charge in [-0.25, -0.2) is 4.98 Å². The lowest BCUT2D eigenvalue weighted by molar-refractivity contribution is 0.404. The third-order valence-electron chi connectivity index (χ3n) is 5.11. The fourth-order valence-electron chi connectivity index (χ4n) is 3.42. The molecule has 31 heavy (non-hydrogen) atoms. The number of ether oxygens (including phenoxy) is 4. The molecule has 6 heteroatoms. The zero-order valence-electron chi connectivity index (χ0n) is 17.9. The van der Waals surface area contributed by atoms with E-state index in [-0.39, 0.29) is 0 Å². The number of aromatic amines is 1. The number of methoxy groups -OCH3 is 4. The van der Waals surface area contributed by atoms with Gasteiger partial charge in [0.2, 0.25) is 0 Å². The maximum absolute atomic E-state index is 5.57. The van der Waals surface area contributed by atoms with Crippen LogP contribution < -0.4 is 18.9 Å². The lowest BCUT2D eigenvalue weighted by Gasteiger charge is -2.08. The second kappa shape index (κ2) is 8.83. The van der Waals surface area contributed by atoms with Gasteiger partial charge < -0.3 is 23.9 Å². The molecular weight excluding hydrogens is 392 g/mol. The van der Waals surface area contributed by atoms with E-state index in [2.05, 4.69) is 4.98 Å². The van der Waals surface area contributed by atoms with Crippen molar-refractivity contribution in [2.24, 2.45) is 0 Å². The van der Waals surface area contributed by atoms with E-state index in [1.54, 1.807) is 28.4 Å². The van der Waals surface area contributed by atoms with Crippen LogP contribution in [0.2, 0.25) is 0 Å². The summed E-state index contributed by atoms with van der Waals surface area (Å²) in [5.41, 5.74) is 4.50. The van der Waals surface area contributed by atoms with E-state index in [4.69, 9.17) is 23.9 Å². The Morgan fingerprint density at radius 2 is 1.16 bits per heavy atom. The van der Waals surface area contributed by atoms with Crippen LogP contribution in [0.15, 0.2) is 66.7 Å². The summed E-state index contributed by atoms with van der Waals surface area (Å²) in [6.45, 7) is 0. The minimum atomic E-state index is 0.687. The van der Waals surface area contributed by atoms with Crippen LogP contribution in [0.1, 0.15) is 0 Å². The van der Waals surface area contributed by atoms with E-state index in [1.165, 1.54) is 0 Å². The summed E-state index contributed by atoms with van der Waals surface area (Å²) in [5.74, 6) is 3.71. The zero-order valence-corrected chi connectivity index (χ0v) is 17.9. The fourth-order valence-corrected chi connectivity index (χ4v) is 3.42. The summed E-state index contributed by atoms with van der Waals surface area (Å²) in [6.07, 6.45) is 0. The molecule has 0 atom stereocenters. The number of rotatable bonds is 7. The molecule has 0 radical (unpaired) electrons. The first-order chi connectivity index (χ1) is 15.2. The molecule has 4 aromatic rings. The Morgan fingerprint density at radius 3 is 1.71 bits per heavy atom. The fraction of sp³-hybridized carbons (Fsp3) is 0.160. The van der Waals surface area contributed by atoms with Gasteiger partial charge in [0.05, 0.1) is 45.4 Å². The van der Waals surface area contributed by atoms with Gasteiger partial charge in [0.1, 0.15) is 28.8 Å². The van der Waals surface area contributed by atoms with Crippen LogP contribution in [-0.2, 0) is 0 Å². The Labute approximate surface area is 181 Å². The molecule has 0 fully saturated rings.